The largest absolute Gasteiger partial charge is 0.445 e. The third-order valence-electron chi connectivity index (χ3n) is 4.22. The molecule has 2 amide bonds. The summed E-state index contributed by atoms with van der Waals surface area (Å²) < 4.78 is 5.22. The summed E-state index contributed by atoms with van der Waals surface area (Å²) >= 11 is 0. The number of amides is 2. The maximum Gasteiger partial charge on any atom is 0.319 e. The molecule has 1 saturated carbocycles. The number of carbonyl (C=O) groups is 1. The third-order valence-corrected chi connectivity index (χ3v) is 4.22. The number of nitrogens with one attached hydrogen (secondary N) is 2. The lowest BCUT2D eigenvalue weighted by Crippen LogP contribution is -2.38. The van der Waals surface area contributed by atoms with Crippen molar-refractivity contribution in [2.24, 2.45) is 5.92 Å². The molecule has 1 fully saturated rings. The highest BCUT2D eigenvalue weighted by atomic mass is 16.3. The maximum absolute atomic E-state index is 11.9. The fourth-order valence-electron chi connectivity index (χ4n) is 2.89. The maximum atomic E-state index is 11.9. The van der Waals surface area contributed by atoms with Gasteiger partial charge in [0.05, 0.1) is 12.3 Å². The van der Waals surface area contributed by atoms with E-state index in [1.54, 1.807) is 18.3 Å². The number of benzene rings is 1. The number of aliphatic hydroxyl groups is 1. The van der Waals surface area contributed by atoms with Crippen molar-refractivity contribution >= 4 is 11.7 Å². The van der Waals surface area contributed by atoms with Crippen LogP contribution in [0.1, 0.15) is 25.7 Å². The molecule has 6 heteroatoms. The van der Waals surface area contributed by atoms with Gasteiger partial charge in [0.25, 0.3) is 0 Å². The molecular weight excluding hydrogens is 294 g/mol. The van der Waals surface area contributed by atoms with E-state index in [-0.39, 0.29) is 18.1 Å². The average Bonchev–Trinajstić information content (AvgIpc) is 3.09. The zero-order valence-electron chi connectivity index (χ0n) is 12.9. The molecular formula is C17H21N3O3. The molecule has 2 aromatic rings. The molecule has 6 nitrogen and oxygen atoms in total. The van der Waals surface area contributed by atoms with Gasteiger partial charge in [0.1, 0.15) is 6.26 Å². The van der Waals surface area contributed by atoms with Crippen LogP contribution in [-0.2, 0) is 0 Å². The van der Waals surface area contributed by atoms with E-state index in [2.05, 4.69) is 15.6 Å². The normalized spacial score (nSPS) is 20.9. The Kier molecular flexibility index (Phi) is 4.92. The van der Waals surface area contributed by atoms with Gasteiger partial charge >= 0.3 is 6.03 Å². The molecule has 3 rings (SSSR count). The Morgan fingerprint density at radius 1 is 1.26 bits per heavy atom. The van der Waals surface area contributed by atoms with Crippen LogP contribution in [0.3, 0.4) is 0 Å². The van der Waals surface area contributed by atoms with Crippen molar-refractivity contribution in [3.05, 3.63) is 36.7 Å². The fourth-order valence-corrected chi connectivity index (χ4v) is 2.89. The van der Waals surface area contributed by atoms with Gasteiger partial charge in [-0.2, -0.15) is 0 Å². The molecule has 1 aliphatic carbocycles. The van der Waals surface area contributed by atoms with Crippen molar-refractivity contribution in [3.8, 4) is 11.5 Å². The van der Waals surface area contributed by atoms with Gasteiger partial charge in [0.2, 0.25) is 5.89 Å². The highest BCUT2D eigenvalue weighted by Crippen LogP contribution is 2.23. The molecule has 1 aliphatic rings. The average molecular weight is 315 g/mol. The first kappa shape index (κ1) is 15.6. The number of oxazole rings is 1. The van der Waals surface area contributed by atoms with Gasteiger partial charge in [-0.15, -0.1) is 0 Å². The highest BCUT2D eigenvalue weighted by Gasteiger charge is 2.23. The number of aliphatic hydroxyl groups excluding tert-OH is 1. The Morgan fingerprint density at radius 2 is 2.04 bits per heavy atom. The summed E-state index contributed by atoms with van der Waals surface area (Å²) in [6, 6.07) is 7.02. The summed E-state index contributed by atoms with van der Waals surface area (Å²) in [7, 11) is 0. The minimum atomic E-state index is -0.302. The minimum absolute atomic E-state index is 0.155. The Hall–Kier alpha value is -2.34. The van der Waals surface area contributed by atoms with Crippen LogP contribution in [0.4, 0.5) is 10.5 Å². The third kappa shape index (κ3) is 4.10. The zero-order chi connectivity index (χ0) is 16.1. The standard InChI is InChI=1S/C17H21N3O3/c21-15-4-2-1-3-13(15)11-19-17(22)20-14-7-5-12(6-8-14)16-18-9-10-23-16/h5-10,13,15,21H,1-4,11H2,(H2,19,20,22). The van der Waals surface area contributed by atoms with E-state index in [0.29, 0.717) is 18.1 Å². The molecule has 0 aliphatic heterocycles. The second-order valence-electron chi connectivity index (χ2n) is 5.86. The van der Waals surface area contributed by atoms with Crippen LogP contribution >= 0.6 is 0 Å². The lowest BCUT2D eigenvalue weighted by Gasteiger charge is -2.27. The van der Waals surface area contributed by atoms with E-state index in [0.717, 1.165) is 31.2 Å². The lowest BCUT2D eigenvalue weighted by atomic mass is 9.86. The summed E-state index contributed by atoms with van der Waals surface area (Å²) in [4.78, 5) is 16.0. The monoisotopic (exact) mass is 315 g/mol. The van der Waals surface area contributed by atoms with Crippen LogP contribution in [0, 0.1) is 5.92 Å². The molecule has 3 N–H and O–H groups in total. The smallest absolute Gasteiger partial charge is 0.319 e. The summed E-state index contributed by atoms with van der Waals surface area (Å²) in [6.07, 6.45) is 6.80. The first-order valence-electron chi connectivity index (χ1n) is 7.95. The predicted octanol–water partition coefficient (Wildman–Crippen LogP) is 3.01. The van der Waals surface area contributed by atoms with Crippen LogP contribution < -0.4 is 10.6 Å². The predicted molar refractivity (Wildman–Crippen MR) is 86.9 cm³/mol. The van der Waals surface area contributed by atoms with E-state index in [1.165, 1.54) is 6.26 Å². The summed E-state index contributed by atoms with van der Waals surface area (Å²) in [5, 5.41) is 15.5. The van der Waals surface area contributed by atoms with Crippen LogP contribution in [0.5, 0.6) is 0 Å². The van der Waals surface area contributed by atoms with Crippen molar-refractivity contribution in [1.82, 2.24) is 10.3 Å². The number of hydrogen-bond donors (Lipinski definition) is 3. The van der Waals surface area contributed by atoms with E-state index in [9.17, 15) is 9.90 Å². The Balaban J connectivity index is 1.49. The topological polar surface area (TPSA) is 87.4 Å². The molecule has 1 aromatic heterocycles. The number of nitrogens with zero attached hydrogens (tertiary/aromatic N) is 1. The molecule has 0 saturated heterocycles. The van der Waals surface area contributed by atoms with E-state index in [1.807, 2.05) is 12.1 Å². The van der Waals surface area contributed by atoms with Crippen molar-refractivity contribution in [3.63, 3.8) is 0 Å². The van der Waals surface area contributed by atoms with E-state index >= 15 is 0 Å². The zero-order valence-corrected chi connectivity index (χ0v) is 12.9. The molecule has 2 unspecified atom stereocenters. The van der Waals surface area contributed by atoms with Gasteiger partial charge in [-0.25, -0.2) is 9.78 Å². The molecule has 1 heterocycles. The number of carbonyl (C=O) groups excluding carboxylic acids is 1. The Morgan fingerprint density at radius 3 is 2.74 bits per heavy atom. The van der Waals surface area contributed by atoms with Gasteiger partial charge < -0.3 is 20.2 Å². The van der Waals surface area contributed by atoms with Gasteiger partial charge in [-0.3, -0.25) is 0 Å². The van der Waals surface area contributed by atoms with Gasteiger partial charge in [-0.05, 0) is 37.1 Å². The Labute approximate surface area is 134 Å². The number of rotatable bonds is 4. The molecule has 0 spiro atoms. The van der Waals surface area contributed by atoms with E-state index < -0.39 is 0 Å². The SMILES string of the molecule is O=C(NCC1CCCCC1O)Nc1ccc(-c2ncco2)cc1. The van der Waals surface area contributed by atoms with Crippen molar-refractivity contribution < 1.29 is 14.3 Å². The van der Waals surface area contributed by atoms with Gasteiger partial charge in [0, 0.05) is 23.7 Å². The second kappa shape index (κ2) is 7.28. The van der Waals surface area contributed by atoms with Crippen molar-refractivity contribution in [2.75, 3.05) is 11.9 Å². The summed E-state index contributed by atoms with van der Waals surface area (Å²) in [5.41, 5.74) is 1.55. The van der Waals surface area contributed by atoms with Crippen molar-refractivity contribution in [2.45, 2.75) is 31.8 Å². The van der Waals surface area contributed by atoms with E-state index in [4.69, 9.17) is 4.42 Å². The van der Waals surface area contributed by atoms with Crippen LogP contribution in [0.15, 0.2) is 41.1 Å². The van der Waals surface area contributed by atoms with Gasteiger partial charge in [0.15, 0.2) is 0 Å². The Bertz CT molecular complexity index is 625. The molecule has 0 bridgehead atoms. The number of aromatic nitrogens is 1. The summed E-state index contributed by atoms with van der Waals surface area (Å²) in [5.74, 6) is 0.703. The van der Waals surface area contributed by atoms with Crippen LogP contribution in [-0.4, -0.2) is 28.8 Å². The number of hydrogen-bond acceptors (Lipinski definition) is 4. The first-order valence-corrected chi connectivity index (χ1v) is 7.95. The number of anilines is 1. The number of urea groups is 1. The summed E-state index contributed by atoms with van der Waals surface area (Å²) in [6.45, 7) is 0.501. The molecule has 122 valence electrons. The molecule has 23 heavy (non-hydrogen) atoms. The fraction of sp³-hybridized carbons (Fsp3) is 0.412. The molecule has 0 radical (unpaired) electrons. The first-order chi connectivity index (χ1) is 11.2. The quantitative estimate of drug-likeness (QED) is 0.809. The lowest BCUT2D eigenvalue weighted by molar-refractivity contribution is 0.0712. The van der Waals surface area contributed by atoms with Gasteiger partial charge in [-0.1, -0.05) is 12.8 Å². The van der Waals surface area contributed by atoms with Crippen molar-refractivity contribution in [1.29, 1.82) is 0 Å². The molecule has 1 aromatic carbocycles. The highest BCUT2D eigenvalue weighted by molar-refractivity contribution is 5.89. The second-order valence-corrected chi connectivity index (χ2v) is 5.86. The van der Waals surface area contributed by atoms with Crippen LogP contribution in [0.2, 0.25) is 0 Å². The van der Waals surface area contributed by atoms with Crippen LogP contribution in [0.25, 0.3) is 11.5 Å². The minimum Gasteiger partial charge on any atom is -0.445 e. The molecule has 2 atom stereocenters.